The lowest BCUT2D eigenvalue weighted by Crippen LogP contribution is -2.21. The van der Waals surface area contributed by atoms with Gasteiger partial charge >= 0.3 is 0 Å². The Hall–Kier alpha value is -1.62. The zero-order valence-electron chi connectivity index (χ0n) is 11.0. The standard InChI is InChI=1S/C14H19N3O2/c1-2-6-12(15-9-3-1)14-16-13(19-17-14)8-7-11-5-4-10-18-11/h4-5,10,12,15H,1-3,6-9H2. The molecular formula is C14H19N3O2. The van der Waals surface area contributed by atoms with E-state index in [1.165, 1.54) is 19.3 Å². The van der Waals surface area contributed by atoms with Crippen LogP contribution in [0.5, 0.6) is 0 Å². The summed E-state index contributed by atoms with van der Waals surface area (Å²) in [5.74, 6) is 2.45. The first-order valence-corrected chi connectivity index (χ1v) is 7.00. The van der Waals surface area contributed by atoms with Gasteiger partial charge in [0.1, 0.15) is 5.76 Å². The molecule has 5 heteroatoms. The van der Waals surface area contributed by atoms with E-state index < -0.39 is 0 Å². The van der Waals surface area contributed by atoms with Gasteiger partial charge in [-0.05, 0) is 31.5 Å². The van der Waals surface area contributed by atoms with E-state index in [2.05, 4.69) is 15.5 Å². The van der Waals surface area contributed by atoms with Crippen LogP contribution in [0.1, 0.15) is 49.2 Å². The zero-order chi connectivity index (χ0) is 12.9. The van der Waals surface area contributed by atoms with Crippen molar-refractivity contribution < 1.29 is 8.94 Å². The van der Waals surface area contributed by atoms with E-state index in [0.29, 0.717) is 5.89 Å². The number of hydrogen-bond acceptors (Lipinski definition) is 5. The smallest absolute Gasteiger partial charge is 0.227 e. The molecule has 0 aliphatic carbocycles. The Morgan fingerprint density at radius 1 is 1.26 bits per heavy atom. The van der Waals surface area contributed by atoms with Gasteiger partial charge in [0.2, 0.25) is 5.89 Å². The Balaban J connectivity index is 1.59. The quantitative estimate of drug-likeness (QED) is 0.916. The molecule has 2 aromatic heterocycles. The molecule has 1 atom stereocenters. The van der Waals surface area contributed by atoms with Gasteiger partial charge in [-0.2, -0.15) is 4.98 Å². The van der Waals surface area contributed by atoms with Crippen molar-refractivity contribution in [2.24, 2.45) is 0 Å². The van der Waals surface area contributed by atoms with Crippen LogP contribution in [-0.4, -0.2) is 16.7 Å². The molecule has 1 fully saturated rings. The normalized spacial score (nSPS) is 20.3. The maximum atomic E-state index is 5.31. The van der Waals surface area contributed by atoms with Crippen molar-refractivity contribution in [3.05, 3.63) is 35.9 Å². The van der Waals surface area contributed by atoms with Crippen molar-refractivity contribution in [3.63, 3.8) is 0 Å². The first-order valence-electron chi connectivity index (χ1n) is 7.00. The Morgan fingerprint density at radius 3 is 3.16 bits per heavy atom. The molecule has 3 rings (SSSR count). The fourth-order valence-electron chi connectivity index (χ4n) is 2.45. The maximum Gasteiger partial charge on any atom is 0.227 e. The molecule has 2 aromatic rings. The Kier molecular flexibility index (Phi) is 3.93. The number of aryl methyl sites for hydroxylation is 2. The molecule has 0 amide bonds. The molecule has 0 bridgehead atoms. The van der Waals surface area contributed by atoms with Gasteiger partial charge in [0.15, 0.2) is 5.82 Å². The van der Waals surface area contributed by atoms with Crippen molar-refractivity contribution in [3.8, 4) is 0 Å². The highest BCUT2D eigenvalue weighted by Gasteiger charge is 2.19. The first kappa shape index (κ1) is 12.4. The summed E-state index contributed by atoms with van der Waals surface area (Å²) < 4.78 is 10.6. The van der Waals surface area contributed by atoms with Crippen molar-refractivity contribution >= 4 is 0 Å². The van der Waals surface area contributed by atoms with Gasteiger partial charge in [0.25, 0.3) is 0 Å². The summed E-state index contributed by atoms with van der Waals surface area (Å²) in [6, 6.07) is 4.11. The van der Waals surface area contributed by atoms with Crippen LogP contribution < -0.4 is 5.32 Å². The minimum Gasteiger partial charge on any atom is -0.469 e. The van der Waals surface area contributed by atoms with E-state index in [1.54, 1.807) is 6.26 Å². The fraction of sp³-hybridized carbons (Fsp3) is 0.571. The van der Waals surface area contributed by atoms with Crippen LogP contribution in [0.25, 0.3) is 0 Å². The van der Waals surface area contributed by atoms with Crippen LogP contribution in [0.2, 0.25) is 0 Å². The van der Waals surface area contributed by atoms with E-state index in [4.69, 9.17) is 8.94 Å². The second kappa shape index (κ2) is 6.02. The molecule has 102 valence electrons. The molecule has 0 aromatic carbocycles. The van der Waals surface area contributed by atoms with Crippen LogP contribution >= 0.6 is 0 Å². The van der Waals surface area contributed by atoms with Crippen molar-refractivity contribution in [1.29, 1.82) is 0 Å². The van der Waals surface area contributed by atoms with Gasteiger partial charge in [-0.3, -0.25) is 0 Å². The van der Waals surface area contributed by atoms with Gasteiger partial charge in [-0.15, -0.1) is 0 Å². The van der Waals surface area contributed by atoms with Crippen LogP contribution in [0.3, 0.4) is 0 Å². The summed E-state index contributed by atoms with van der Waals surface area (Å²) in [5.41, 5.74) is 0. The van der Waals surface area contributed by atoms with Gasteiger partial charge in [0, 0.05) is 12.8 Å². The summed E-state index contributed by atoms with van der Waals surface area (Å²) in [5, 5.41) is 7.58. The van der Waals surface area contributed by atoms with Crippen LogP contribution in [0.15, 0.2) is 27.3 Å². The maximum absolute atomic E-state index is 5.31. The molecule has 1 aliphatic rings. The van der Waals surface area contributed by atoms with Gasteiger partial charge < -0.3 is 14.3 Å². The number of nitrogens with zero attached hydrogens (tertiary/aromatic N) is 2. The predicted molar refractivity (Wildman–Crippen MR) is 69.6 cm³/mol. The summed E-state index contributed by atoms with van der Waals surface area (Å²) >= 11 is 0. The third-order valence-electron chi connectivity index (χ3n) is 3.52. The number of aromatic nitrogens is 2. The zero-order valence-corrected chi connectivity index (χ0v) is 11.0. The van der Waals surface area contributed by atoms with Gasteiger partial charge in [0.05, 0.1) is 12.3 Å². The largest absolute Gasteiger partial charge is 0.469 e. The molecular weight excluding hydrogens is 242 g/mol. The van der Waals surface area contributed by atoms with Gasteiger partial charge in [-0.1, -0.05) is 18.0 Å². The number of rotatable bonds is 4. The van der Waals surface area contributed by atoms with Crippen LogP contribution in [0.4, 0.5) is 0 Å². The summed E-state index contributed by atoms with van der Waals surface area (Å²) in [6.45, 7) is 1.04. The number of hydrogen-bond donors (Lipinski definition) is 1. The second-order valence-electron chi connectivity index (χ2n) is 4.98. The topological polar surface area (TPSA) is 64.1 Å². The number of furan rings is 1. The molecule has 0 radical (unpaired) electrons. The molecule has 1 N–H and O–H groups in total. The van der Waals surface area contributed by atoms with Crippen molar-refractivity contribution in [1.82, 2.24) is 15.5 Å². The van der Waals surface area contributed by atoms with E-state index in [0.717, 1.165) is 37.4 Å². The van der Waals surface area contributed by atoms with Crippen LogP contribution in [0, 0.1) is 0 Å². The van der Waals surface area contributed by atoms with Crippen LogP contribution in [-0.2, 0) is 12.8 Å². The molecule has 1 unspecified atom stereocenters. The lowest BCUT2D eigenvalue weighted by Gasteiger charge is -2.09. The Morgan fingerprint density at radius 2 is 2.26 bits per heavy atom. The average molecular weight is 261 g/mol. The first-order chi connectivity index (χ1) is 9.42. The minimum atomic E-state index is 0.253. The second-order valence-corrected chi connectivity index (χ2v) is 4.98. The lowest BCUT2D eigenvalue weighted by atomic mass is 10.1. The molecule has 19 heavy (non-hydrogen) atoms. The Labute approximate surface area is 112 Å². The van der Waals surface area contributed by atoms with Gasteiger partial charge in [-0.25, -0.2) is 0 Å². The molecule has 5 nitrogen and oxygen atoms in total. The van der Waals surface area contributed by atoms with Crippen molar-refractivity contribution in [2.45, 2.75) is 44.6 Å². The SMILES string of the molecule is c1coc(CCc2nc(C3CCCCCN3)no2)c1. The van der Waals surface area contributed by atoms with E-state index in [9.17, 15) is 0 Å². The monoisotopic (exact) mass is 261 g/mol. The Bertz CT molecular complexity index is 485. The summed E-state index contributed by atoms with van der Waals surface area (Å²) in [4.78, 5) is 4.49. The molecule has 0 spiro atoms. The summed E-state index contributed by atoms with van der Waals surface area (Å²) in [7, 11) is 0. The van der Waals surface area contributed by atoms with E-state index in [1.807, 2.05) is 12.1 Å². The minimum absolute atomic E-state index is 0.253. The summed E-state index contributed by atoms with van der Waals surface area (Å²) in [6.07, 6.45) is 8.06. The predicted octanol–water partition coefficient (Wildman–Crippen LogP) is 2.65. The lowest BCUT2D eigenvalue weighted by molar-refractivity contribution is 0.360. The van der Waals surface area contributed by atoms with E-state index >= 15 is 0 Å². The third-order valence-corrected chi connectivity index (χ3v) is 3.52. The third kappa shape index (κ3) is 3.23. The molecule has 0 saturated carbocycles. The number of nitrogens with one attached hydrogen (secondary N) is 1. The highest BCUT2D eigenvalue weighted by molar-refractivity contribution is 5.01. The molecule has 3 heterocycles. The van der Waals surface area contributed by atoms with E-state index in [-0.39, 0.29) is 6.04 Å². The average Bonchev–Trinajstić information content (AvgIpc) is 3.03. The molecule has 1 aliphatic heterocycles. The highest BCUT2D eigenvalue weighted by atomic mass is 16.5. The fourth-order valence-corrected chi connectivity index (χ4v) is 2.45. The van der Waals surface area contributed by atoms with Crippen molar-refractivity contribution in [2.75, 3.05) is 6.54 Å². The highest BCUT2D eigenvalue weighted by Crippen LogP contribution is 2.20. The molecule has 1 saturated heterocycles.